The monoisotopic (exact) mass is 626 g/mol. The van der Waals surface area contributed by atoms with Crippen molar-refractivity contribution in [3.05, 3.63) is 48.5 Å². The smallest absolute Gasteiger partial charge is 0.380 e. The Balaban J connectivity index is 1.88. The number of sulfone groups is 1. The number of benzene rings is 2. The van der Waals surface area contributed by atoms with Crippen molar-refractivity contribution in [2.24, 2.45) is 5.14 Å². The van der Waals surface area contributed by atoms with E-state index in [1.165, 1.54) is 11.8 Å². The van der Waals surface area contributed by atoms with Crippen LogP contribution in [0, 0.1) is 0 Å². The molecule has 3 rings (SSSR count). The number of sulfonamides is 1. The summed E-state index contributed by atoms with van der Waals surface area (Å²) in [5.41, 5.74) is -6.22. The first kappa shape index (κ1) is 32.1. The molecule has 222 valence electrons. The third-order valence-corrected chi connectivity index (χ3v) is 9.80. The Hall–Kier alpha value is -2.40. The van der Waals surface area contributed by atoms with E-state index in [0.29, 0.717) is 45.2 Å². The Morgan fingerprint density at radius 1 is 1.02 bits per heavy atom. The lowest BCUT2D eigenvalue weighted by Crippen LogP contribution is -2.49. The third-order valence-electron chi connectivity index (χ3n) is 6.18. The van der Waals surface area contributed by atoms with Gasteiger partial charge >= 0.3 is 5.51 Å². The highest BCUT2D eigenvalue weighted by Gasteiger charge is 2.48. The van der Waals surface area contributed by atoms with Crippen LogP contribution in [0.5, 0.6) is 0 Å². The molecule has 0 saturated carbocycles. The maximum Gasteiger partial charge on any atom is 0.501 e. The van der Waals surface area contributed by atoms with Crippen LogP contribution in [0.15, 0.2) is 63.2 Å². The average molecular weight is 627 g/mol. The van der Waals surface area contributed by atoms with Crippen LogP contribution in [0.3, 0.4) is 0 Å². The molecule has 40 heavy (non-hydrogen) atoms. The number of amides is 1. The second-order valence-corrected chi connectivity index (χ2v) is 13.7. The number of thioether (sulfide) groups is 1. The molecule has 0 aromatic heterocycles. The molecule has 0 radical (unpaired) electrons. The fourth-order valence-electron chi connectivity index (χ4n) is 4.08. The van der Waals surface area contributed by atoms with E-state index < -0.39 is 53.6 Å². The molecule has 1 unspecified atom stereocenters. The molecule has 2 aromatic carbocycles. The number of halogens is 4. The standard InChI is InChI=1S/C24H30F4N4O5S3/c25-9-4-10-31-11-13-32(14-12-31)23(33)15-18(17-38-19-5-2-1-3-6-19)30-21-8-7-20(40(29,36)37)16-22(21)39(34,35)24(26,27)28/h1-3,5-8,16,18,30H,4,9-15,17H2,(H2,29,36,37). The van der Waals surface area contributed by atoms with Crippen molar-refractivity contribution >= 4 is 43.2 Å². The highest BCUT2D eigenvalue weighted by Crippen LogP contribution is 2.36. The zero-order chi connectivity index (χ0) is 29.6. The van der Waals surface area contributed by atoms with E-state index in [0.717, 1.165) is 17.0 Å². The van der Waals surface area contributed by atoms with Crippen LogP contribution < -0.4 is 10.5 Å². The van der Waals surface area contributed by atoms with Gasteiger partial charge in [-0.25, -0.2) is 22.0 Å². The molecule has 1 heterocycles. The summed E-state index contributed by atoms with van der Waals surface area (Å²) in [6.45, 7) is 2.01. The molecule has 0 spiro atoms. The summed E-state index contributed by atoms with van der Waals surface area (Å²) in [7, 11) is -10.5. The summed E-state index contributed by atoms with van der Waals surface area (Å²) < 4.78 is 101. The highest BCUT2D eigenvalue weighted by molar-refractivity contribution is 7.99. The van der Waals surface area contributed by atoms with Crippen molar-refractivity contribution < 1.29 is 39.2 Å². The van der Waals surface area contributed by atoms with Crippen molar-refractivity contribution in [1.29, 1.82) is 0 Å². The molecule has 9 nitrogen and oxygen atoms in total. The third kappa shape index (κ3) is 8.55. The number of alkyl halides is 4. The number of piperazine rings is 1. The first-order chi connectivity index (χ1) is 18.7. The molecular formula is C24H30F4N4O5S3. The summed E-state index contributed by atoms with van der Waals surface area (Å²) in [5, 5.41) is 7.77. The van der Waals surface area contributed by atoms with E-state index in [9.17, 15) is 39.2 Å². The molecule has 0 aliphatic carbocycles. The Morgan fingerprint density at radius 3 is 2.25 bits per heavy atom. The molecule has 1 atom stereocenters. The van der Waals surface area contributed by atoms with Gasteiger partial charge in [0.2, 0.25) is 15.9 Å². The van der Waals surface area contributed by atoms with E-state index in [-0.39, 0.29) is 18.1 Å². The lowest BCUT2D eigenvalue weighted by molar-refractivity contribution is -0.133. The summed E-state index contributed by atoms with van der Waals surface area (Å²) in [5.74, 6) is -0.119. The van der Waals surface area contributed by atoms with Gasteiger partial charge < -0.3 is 10.2 Å². The summed E-state index contributed by atoms with van der Waals surface area (Å²) in [4.78, 5) is 15.5. The Bertz CT molecular complexity index is 1370. The van der Waals surface area contributed by atoms with Crippen molar-refractivity contribution in [3.63, 3.8) is 0 Å². The van der Waals surface area contributed by atoms with Gasteiger partial charge in [-0.1, -0.05) is 18.2 Å². The summed E-state index contributed by atoms with van der Waals surface area (Å²) in [6, 6.07) is 10.3. The van der Waals surface area contributed by atoms with Crippen LogP contribution in [0.1, 0.15) is 12.8 Å². The van der Waals surface area contributed by atoms with Crippen molar-refractivity contribution in [1.82, 2.24) is 9.80 Å². The number of nitrogens with two attached hydrogens (primary N) is 1. The number of anilines is 1. The van der Waals surface area contributed by atoms with Gasteiger partial charge in [-0.15, -0.1) is 11.8 Å². The van der Waals surface area contributed by atoms with E-state index in [4.69, 9.17) is 5.14 Å². The van der Waals surface area contributed by atoms with Crippen molar-refractivity contribution in [2.45, 2.75) is 39.1 Å². The van der Waals surface area contributed by atoms with Gasteiger partial charge in [0.05, 0.1) is 17.3 Å². The van der Waals surface area contributed by atoms with Crippen LogP contribution in [-0.4, -0.2) is 89.2 Å². The van der Waals surface area contributed by atoms with Crippen LogP contribution in [0.4, 0.5) is 23.2 Å². The molecule has 1 saturated heterocycles. The number of carbonyl (C=O) groups excluding carboxylic acids is 1. The van der Waals surface area contributed by atoms with Crippen LogP contribution >= 0.6 is 11.8 Å². The van der Waals surface area contributed by atoms with Crippen LogP contribution in [-0.2, 0) is 24.7 Å². The second-order valence-electron chi connectivity index (χ2n) is 9.09. The first-order valence-electron chi connectivity index (χ1n) is 12.2. The number of hydrogen-bond donors (Lipinski definition) is 2. The Morgan fingerprint density at radius 2 is 1.68 bits per heavy atom. The topological polar surface area (TPSA) is 130 Å². The normalized spacial score (nSPS) is 16.1. The van der Waals surface area contributed by atoms with E-state index >= 15 is 0 Å². The number of primary sulfonamides is 1. The van der Waals surface area contributed by atoms with Crippen molar-refractivity contribution in [2.75, 3.05) is 50.5 Å². The number of rotatable bonds is 12. The summed E-state index contributed by atoms with van der Waals surface area (Å²) >= 11 is 1.31. The molecule has 3 N–H and O–H groups in total. The maximum atomic E-state index is 13.5. The molecule has 1 aliphatic rings. The zero-order valence-corrected chi connectivity index (χ0v) is 23.8. The molecule has 1 aliphatic heterocycles. The largest absolute Gasteiger partial charge is 0.501 e. The van der Waals surface area contributed by atoms with Gasteiger partial charge in [-0.2, -0.15) is 13.2 Å². The number of nitrogens with one attached hydrogen (secondary N) is 1. The molecule has 2 aromatic rings. The van der Waals surface area contributed by atoms with Gasteiger partial charge in [0, 0.05) is 55.8 Å². The molecule has 0 bridgehead atoms. The predicted molar refractivity (Wildman–Crippen MR) is 144 cm³/mol. The highest BCUT2D eigenvalue weighted by atomic mass is 32.2. The van der Waals surface area contributed by atoms with Gasteiger partial charge in [0.15, 0.2) is 0 Å². The minimum Gasteiger partial charge on any atom is -0.380 e. The quantitative estimate of drug-likeness (QED) is 0.272. The van der Waals surface area contributed by atoms with Crippen LogP contribution in [0.2, 0.25) is 0 Å². The number of nitrogens with zero attached hydrogens (tertiary/aromatic N) is 2. The SMILES string of the molecule is NS(=O)(=O)c1ccc(NC(CSc2ccccc2)CC(=O)N2CCN(CCCF)CC2)c(S(=O)(=O)C(F)(F)F)c1. The van der Waals surface area contributed by atoms with Crippen molar-refractivity contribution in [3.8, 4) is 0 Å². The van der Waals surface area contributed by atoms with Gasteiger partial charge in [-0.05, 0) is 36.8 Å². The van der Waals surface area contributed by atoms with E-state index in [2.05, 4.69) is 5.32 Å². The lowest BCUT2D eigenvalue weighted by Gasteiger charge is -2.35. The second kappa shape index (κ2) is 13.5. The van der Waals surface area contributed by atoms with Gasteiger partial charge in [-0.3, -0.25) is 14.1 Å². The fraction of sp³-hybridized carbons (Fsp3) is 0.458. The Labute approximate surface area is 235 Å². The van der Waals surface area contributed by atoms with E-state index in [1.807, 2.05) is 4.90 Å². The maximum absolute atomic E-state index is 13.5. The molecule has 16 heteroatoms. The lowest BCUT2D eigenvalue weighted by atomic mass is 10.1. The Kier molecular flexibility index (Phi) is 10.8. The molecule has 1 amide bonds. The molecular weight excluding hydrogens is 596 g/mol. The number of carbonyl (C=O) groups is 1. The average Bonchev–Trinajstić information content (AvgIpc) is 2.90. The fourth-order valence-corrected chi connectivity index (χ4v) is 6.58. The number of hydrogen-bond acceptors (Lipinski definition) is 8. The zero-order valence-electron chi connectivity index (χ0n) is 21.3. The van der Waals surface area contributed by atoms with Gasteiger partial charge in [0.25, 0.3) is 9.84 Å². The minimum absolute atomic E-state index is 0.174. The summed E-state index contributed by atoms with van der Waals surface area (Å²) in [6.07, 6.45) is 0.219. The minimum atomic E-state index is -5.98. The predicted octanol–water partition coefficient (Wildman–Crippen LogP) is 3.09. The van der Waals surface area contributed by atoms with E-state index in [1.54, 1.807) is 35.2 Å². The van der Waals surface area contributed by atoms with Crippen LogP contribution in [0.25, 0.3) is 0 Å². The van der Waals surface area contributed by atoms with Gasteiger partial charge in [0.1, 0.15) is 4.90 Å². The molecule has 1 fully saturated rings. The first-order valence-corrected chi connectivity index (χ1v) is 16.2.